The van der Waals surface area contributed by atoms with Crippen molar-refractivity contribution in [1.29, 1.82) is 0 Å². The number of hydrogen-bond acceptors (Lipinski definition) is 2. The van der Waals surface area contributed by atoms with Crippen molar-refractivity contribution < 1.29 is 4.42 Å². The molecule has 0 unspecified atom stereocenters. The molecule has 274 valence electrons. The van der Waals surface area contributed by atoms with Crippen LogP contribution < -0.4 is 4.90 Å². The average Bonchev–Trinajstić information content (AvgIpc) is 3.51. The molecule has 9 aromatic carbocycles. The van der Waals surface area contributed by atoms with E-state index in [1.165, 1.54) is 60.4 Å². The molecule has 1 aliphatic carbocycles. The number of aromatic nitrogens is 1. The van der Waals surface area contributed by atoms with Crippen molar-refractivity contribution >= 4 is 60.8 Å². The Kier molecular flexibility index (Phi) is 6.98. The molecule has 0 atom stereocenters. The van der Waals surface area contributed by atoms with Gasteiger partial charge in [0, 0.05) is 33.2 Å². The van der Waals surface area contributed by atoms with Crippen LogP contribution in [0.2, 0.25) is 0 Å². The van der Waals surface area contributed by atoms with Crippen LogP contribution in [0.25, 0.3) is 82.8 Å². The summed E-state index contributed by atoms with van der Waals surface area (Å²) < 4.78 is 9.16. The first-order valence-electron chi connectivity index (χ1n) is 20.1. The van der Waals surface area contributed by atoms with Gasteiger partial charge >= 0.3 is 0 Å². The van der Waals surface area contributed by atoms with Gasteiger partial charge in [0.2, 0.25) is 0 Å². The van der Waals surface area contributed by atoms with Gasteiger partial charge in [-0.25, -0.2) is 0 Å². The van der Waals surface area contributed by atoms with E-state index >= 15 is 0 Å². The highest BCUT2D eigenvalue weighted by atomic mass is 16.3. The largest absolute Gasteiger partial charge is 0.453 e. The quantitative estimate of drug-likeness (QED) is 0.129. The minimum Gasteiger partial charge on any atom is -0.453 e. The maximum absolute atomic E-state index is 6.77. The first-order chi connectivity index (χ1) is 28.5. The molecule has 0 N–H and O–H groups in total. The summed E-state index contributed by atoms with van der Waals surface area (Å²) in [7, 11) is 0. The Hall–Kier alpha value is -7.36. The molecule has 9 aromatic rings. The summed E-state index contributed by atoms with van der Waals surface area (Å²) >= 11 is 0. The van der Waals surface area contributed by atoms with Gasteiger partial charge in [0.15, 0.2) is 11.2 Å². The summed E-state index contributed by atoms with van der Waals surface area (Å²) in [6.07, 6.45) is 0. The lowest BCUT2D eigenvalue weighted by molar-refractivity contribution is 0.648. The van der Waals surface area contributed by atoms with Gasteiger partial charge in [0.25, 0.3) is 0 Å². The smallest absolute Gasteiger partial charge is 0.152 e. The standard InChI is InChI=1S/C55H38N2O/c1-55(2)47-19-8-6-15-41(47)42-32-31-40(33-48(42)55)56(38-27-23-36(24-28-38)35-13-4-3-5-14-35)39-29-25-37(26-30-39)46-34-52-54-53-44(17-12-18-45(46)53)43-16-7-9-20-49(43)57(54)50-21-10-11-22-51(50)58-52/h3-34H,1-2H3. The van der Waals surface area contributed by atoms with E-state index in [4.69, 9.17) is 4.42 Å². The summed E-state index contributed by atoms with van der Waals surface area (Å²) in [4.78, 5) is 2.40. The molecule has 0 amide bonds. The van der Waals surface area contributed by atoms with Crippen LogP contribution in [0.4, 0.5) is 17.1 Å². The molecule has 2 heterocycles. The van der Waals surface area contributed by atoms with Crippen LogP contribution in [0.5, 0.6) is 0 Å². The fraction of sp³-hybridized carbons (Fsp3) is 0.0545. The van der Waals surface area contributed by atoms with Gasteiger partial charge in [-0.15, -0.1) is 0 Å². The highest BCUT2D eigenvalue weighted by Gasteiger charge is 2.35. The van der Waals surface area contributed by atoms with Gasteiger partial charge in [-0.05, 0) is 116 Å². The lowest BCUT2D eigenvalue weighted by Gasteiger charge is -2.28. The van der Waals surface area contributed by atoms with Crippen molar-refractivity contribution in [2.24, 2.45) is 0 Å². The van der Waals surface area contributed by atoms with Gasteiger partial charge in [-0.2, -0.15) is 0 Å². The van der Waals surface area contributed by atoms with Crippen molar-refractivity contribution in [2.75, 3.05) is 4.90 Å². The van der Waals surface area contributed by atoms with Crippen molar-refractivity contribution in [3.05, 3.63) is 205 Å². The summed E-state index contributed by atoms with van der Waals surface area (Å²) in [5, 5.41) is 4.88. The number of pyridine rings is 1. The van der Waals surface area contributed by atoms with Gasteiger partial charge < -0.3 is 13.9 Å². The minimum atomic E-state index is -0.109. The Balaban J connectivity index is 1.03. The zero-order chi connectivity index (χ0) is 38.5. The Morgan fingerprint density at radius 1 is 0.414 bits per heavy atom. The van der Waals surface area contributed by atoms with Crippen LogP contribution in [0, 0.1) is 0 Å². The van der Waals surface area contributed by atoms with Crippen molar-refractivity contribution in [3.8, 4) is 39.1 Å². The highest BCUT2D eigenvalue weighted by Crippen LogP contribution is 2.51. The van der Waals surface area contributed by atoms with Crippen LogP contribution in [-0.2, 0) is 5.41 Å². The zero-order valence-corrected chi connectivity index (χ0v) is 32.3. The molecule has 0 saturated carbocycles. The summed E-state index contributed by atoms with van der Waals surface area (Å²) in [6.45, 7) is 4.70. The van der Waals surface area contributed by atoms with E-state index in [0.29, 0.717) is 0 Å². The van der Waals surface area contributed by atoms with E-state index in [0.717, 1.165) is 50.6 Å². The second-order valence-electron chi connectivity index (χ2n) is 16.1. The first kappa shape index (κ1) is 32.8. The predicted molar refractivity (Wildman–Crippen MR) is 242 cm³/mol. The summed E-state index contributed by atoms with van der Waals surface area (Å²) in [5.74, 6) is 0. The maximum Gasteiger partial charge on any atom is 0.152 e. The lowest BCUT2D eigenvalue weighted by atomic mass is 9.82. The minimum absolute atomic E-state index is 0.109. The van der Waals surface area contributed by atoms with Crippen LogP contribution in [0.15, 0.2) is 199 Å². The van der Waals surface area contributed by atoms with Crippen LogP contribution in [0.3, 0.4) is 0 Å². The second kappa shape index (κ2) is 12.3. The Morgan fingerprint density at radius 2 is 1.02 bits per heavy atom. The Morgan fingerprint density at radius 3 is 1.83 bits per heavy atom. The number of anilines is 3. The molecule has 3 heteroatoms. The van der Waals surface area contributed by atoms with Crippen LogP contribution >= 0.6 is 0 Å². The van der Waals surface area contributed by atoms with E-state index in [1.807, 2.05) is 6.07 Å². The molecule has 0 saturated heterocycles. The molecule has 0 spiro atoms. The van der Waals surface area contributed by atoms with Gasteiger partial charge in [-0.1, -0.05) is 147 Å². The summed E-state index contributed by atoms with van der Waals surface area (Å²) in [5.41, 5.74) is 18.4. The third-order valence-electron chi connectivity index (χ3n) is 12.6. The number of nitrogens with zero attached hydrogens (tertiary/aromatic N) is 2. The normalized spacial score (nSPS) is 13.1. The van der Waals surface area contributed by atoms with Crippen LogP contribution in [0.1, 0.15) is 25.0 Å². The fourth-order valence-corrected chi connectivity index (χ4v) is 9.81. The molecule has 3 nitrogen and oxygen atoms in total. The number of benzene rings is 9. The monoisotopic (exact) mass is 742 g/mol. The van der Waals surface area contributed by atoms with E-state index in [1.54, 1.807) is 0 Å². The molecule has 0 fully saturated rings. The second-order valence-corrected chi connectivity index (χ2v) is 16.1. The van der Waals surface area contributed by atoms with E-state index in [-0.39, 0.29) is 5.41 Å². The SMILES string of the molecule is CC1(C)c2ccccc2-c2ccc(N(c3ccc(-c4ccccc4)cc3)c3ccc(-c4cc5oc6ccccc6n6c7ccccc7c7cccc4c7c5-6)cc3)cc21. The first-order valence-corrected chi connectivity index (χ1v) is 20.1. The predicted octanol–water partition coefficient (Wildman–Crippen LogP) is 15.2. The molecular formula is C55H38N2O. The Bertz CT molecular complexity index is 3350. The number of fused-ring (bicyclic) bond motifs is 8. The molecule has 0 aromatic heterocycles. The molecule has 3 aliphatic rings. The van der Waals surface area contributed by atoms with Crippen molar-refractivity contribution in [2.45, 2.75) is 19.3 Å². The molecular weight excluding hydrogens is 705 g/mol. The number of rotatable bonds is 5. The van der Waals surface area contributed by atoms with Gasteiger partial charge in [0.05, 0.1) is 16.7 Å². The van der Waals surface area contributed by atoms with Crippen molar-refractivity contribution in [3.63, 3.8) is 0 Å². The van der Waals surface area contributed by atoms with E-state index < -0.39 is 0 Å². The van der Waals surface area contributed by atoms with Gasteiger partial charge in [0.1, 0.15) is 0 Å². The number of hydrogen-bond donors (Lipinski definition) is 0. The Labute approximate surface area is 337 Å². The number of para-hydroxylation sites is 3. The summed E-state index contributed by atoms with van der Waals surface area (Å²) in [6, 6.07) is 70.6. The molecule has 58 heavy (non-hydrogen) atoms. The molecule has 0 bridgehead atoms. The topological polar surface area (TPSA) is 21.3 Å². The molecule has 12 rings (SSSR count). The molecule has 0 radical (unpaired) electrons. The van der Waals surface area contributed by atoms with Crippen molar-refractivity contribution in [1.82, 2.24) is 4.57 Å². The molecule has 2 aliphatic heterocycles. The third-order valence-corrected chi connectivity index (χ3v) is 12.6. The maximum atomic E-state index is 6.77. The highest BCUT2D eigenvalue weighted by molar-refractivity contribution is 6.23. The fourth-order valence-electron chi connectivity index (χ4n) is 9.81. The van der Waals surface area contributed by atoms with E-state index in [9.17, 15) is 0 Å². The average molecular weight is 743 g/mol. The van der Waals surface area contributed by atoms with Gasteiger partial charge in [-0.3, -0.25) is 0 Å². The van der Waals surface area contributed by atoms with E-state index in [2.05, 4.69) is 211 Å². The third kappa shape index (κ3) is 4.74. The lowest BCUT2D eigenvalue weighted by Crippen LogP contribution is -2.16. The van der Waals surface area contributed by atoms with Crippen LogP contribution in [-0.4, -0.2) is 4.57 Å². The zero-order valence-electron chi connectivity index (χ0n) is 32.3.